The second-order valence-electron chi connectivity index (χ2n) is 7.74. The van der Waals surface area contributed by atoms with Crippen LogP contribution >= 0.6 is 11.3 Å². The third-order valence-electron chi connectivity index (χ3n) is 5.25. The number of hydrogen-bond acceptors (Lipinski definition) is 8. The Bertz CT molecular complexity index is 1460. The fourth-order valence-electron chi connectivity index (χ4n) is 3.50. The first-order chi connectivity index (χ1) is 16.5. The maximum absolute atomic E-state index is 12.1. The topological polar surface area (TPSA) is 111 Å². The Morgan fingerprint density at radius 1 is 0.941 bits per heavy atom. The predicted octanol–water partition coefficient (Wildman–Crippen LogP) is 4.87. The van der Waals surface area contributed by atoms with Gasteiger partial charge in [-0.05, 0) is 46.2 Å². The number of nitrogens with two attached hydrogens (primary N) is 1. The molecular formula is C25H20N6O2S. The van der Waals surface area contributed by atoms with Gasteiger partial charge in [-0.1, -0.05) is 30.3 Å². The number of carbonyl (C=O) groups excluding carboxylic acids is 1. The van der Waals surface area contributed by atoms with Crippen LogP contribution < -0.4 is 5.73 Å². The summed E-state index contributed by atoms with van der Waals surface area (Å²) in [5.41, 5.74) is 11.3. The third-order valence-corrected chi connectivity index (χ3v) is 5.94. The molecule has 5 rings (SSSR count). The highest BCUT2D eigenvalue weighted by molar-refractivity contribution is 7.08. The molecule has 34 heavy (non-hydrogen) atoms. The molecule has 2 N–H and O–H groups in total. The van der Waals surface area contributed by atoms with Crippen molar-refractivity contribution in [2.45, 2.75) is 0 Å². The standard InChI is InChI=1S/C25H20N6O2S/c1-31(2)25(32)16-9-7-15(8-10-16)20-13-27-22(26)21(28-20)24-30-29-23(33-24)19-6-4-3-5-18(19)17-11-12-34-14-17/h3-14H,1-2H3,(H2,26,27). The molecule has 8 nitrogen and oxygen atoms in total. The van der Waals surface area contributed by atoms with Gasteiger partial charge < -0.3 is 15.1 Å². The quantitative estimate of drug-likeness (QED) is 0.391. The van der Waals surface area contributed by atoms with Crippen LogP contribution in [0.25, 0.3) is 45.4 Å². The molecule has 0 aliphatic heterocycles. The van der Waals surface area contributed by atoms with E-state index < -0.39 is 0 Å². The van der Waals surface area contributed by atoms with Crippen LogP contribution in [0.2, 0.25) is 0 Å². The van der Waals surface area contributed by atoms with E-state index >= 15 is 0 Å². The van der Waals surface area contributed by atoms with E-state index in [1.165, 1.54) is 4.90 Å². The van der Waals surface area contributed by atoms with Crippen LogP contribution in [-0.4, -0.2) is 45.1 Å². The van der Waals surface area contributed by atoms with Crippen molar-refractivity contribution in [2.24, 2.45) is 0 Å². The lowest BCUT2D eigenvalue weighted by molar-refractivity contribution is 0.0827. The first kappa shape index (κ1) is 21.5. The summed E-state index contributed by atoms with van der Waals surface area (Å²) in [6.07, 6.45) is 1.57. The first-order valence-corrected chi connectivity index (χ1v) is 11.4. The van der Waals surface area contributed by atoms with Gasteiger partial charge in [-0.15, -0.1) is 10.2 Å². The van der Waals surface area contributed by atoms with Crippen molar-refractivity contribution < 1.29 is 9.21 Å². The summed E-state index contributed by atoms with van der Waals surface area (Å²) in [6.45, 7) is 0. The van der Waals surface area contributed by atoms with Crippen LogP contribution in [0.5, 0.6) is 0 Å². The maximum Gasteiger partial charge on any atom is 0.270 e. The van der Waals surface area contributed by atoms with E-state index in [4.69, 9.17) is 10.2 Å². The molecule has 2 aromatic carbocycles. The van der Waals surface area contributed by atoms with Crippen molar-refractivity contribution in [2.75, 3.05) is 19.8 Å². The molecule has 168 valence electrons. The number of hydrogen-bond donors (Lipinski definition) is 1. The minimum atomic E-state index is -0.0725. The average Bonchev–Trinajstić information content (AvgIpc) is 3.57. The third kappa shape index (κ3) is 4.04. The summed E-state index contributed by atoms with van der Waals surface area (Å²) in [5.74, 6) is 0.664. The van der Waals surface area contributed by atoms with Crippen LogP contribution in [0.15, 0.2) is 76.0 Å². The molecule has 0 spiro atoms. The summed E-state index contributed by atoms with van der Waals surface area (Å²) in [4.78, 5) is 22.6. The molecule has 0 radical (unpaired) electrons. The molecule has 5 aromatic rings. The van der Waals surface area contributed by atoms with E-state index in [-0.39, 0.29) is 17.6 Å². The van der Waals surface area contributed by atoms with Crippen molar-refractivity contribution in [1.82, 2.24) is 25.1 Å². The van der Waals surface area contributed by atoms with Crippen molar-refractivity contribution in [3.05, 3.63) is 77.1 Å². The first-order valence-electron chi connectivity index (χ1n) is 10.4. The molecular weight excluding hydrogens is 448 g/mol. The van der Waals surface area contributed by atoms with Crippen LogP contribution in [0.3, 0.4) is 0 Å². The number of amides is 1. The summed E-state index contributed by atoms with van der Waals surface area (Å²) in [7, 11) is 3.43. The molecule has 0 aliphatic carbocycles. The lowest BCUT2D eigenvalue weighted by Crippen LogP contribution is -2.21. The Kier molecular flexibility index (Phi) is 5.60. The molecule has 3 heterocycles. The highest BCUT2D eigenvalue weighted by Gasteiger charge is 2.19. The second kappa shape index (κ2) is 8.87. The normalized spacial score (nSPS) is 10.9. The highest BCUT2D eigenvalue weighted by atomic mass is 32.1. The van der Waals surface area contributed by atoms with Crippen LogP contribution in [0.1, 0.15) is 10.4 Å². The summed E-state index contributed by atoms with van der Waals surface area (Å²) >= 11 is 1.62. The Balaban J connectivity index is 1.49. The maximum atomic E-state index is 12.1. The van der Waals surface area contributed by atoms with E-state index in [1.807, 2.05) is 47.8 Å². The predicted molar refractivity (Wildman–Crippen MR) is 132 cm³/mol. The van der Waals surface area contributed by atoms with Gasteiger partial charge in [0.2, 0.25) is 5.89 Å². The van der Waals surface area contributed by atoms with E-state index in [1.54, 1.807) is 43.8 Å². The van der Waals surface area contributed by atoms with E-state index in [9.17, 15) is 4.79 Å². The Morgan fingerprint density at radius 2 is 1.68 bits per heavy atom. The number of anilines is 1. The van der Waals surface area contributed by atoms with Crippen molar-refractivity contribution in [1.29, 1.82) is 0 Å². The number of nitrogens with zero attached hydrogens (tertiary/aromatic N) is 5. The lowest BCUT2D eigenvalue weighted by Gasteiger charge is -2.10. The van der Waals surface area contributed by atoms with Crippen LogP contribution in [0, 0.1) is 0 Å². The number of rotatable bonds is 5. The summed E-state index contributed by atoms with van der Waals surface area (Å²) in [6, 6.07) is 17.0. The number of carbonyl (C=O) groups is 1. The SMILES string of the molecule is CN(C)C(=O)c1ccc(-c2cnc(N)c(-c3nnc(-c4ccccc4-c4ccsc4)o3)n2)cc1. The van der Waals surface area contributed by atoms with Crippen LogP contribution in [0.4, 0.5) is 5.82 Å². The van der Waals surface area contributed by atoms with Crippen molar-refractivity contribution in [3.63, 3.8) is 0 Å². The molecule has 0 unspecified atom stereocenters. The van der Waals surface area contributed by atoms with E-state index in [2.05, 4.69) is 25.5 Å². The van der Waals surface area contributed by atoms with Gasteiger partial charge in [-0.3, -0.25) is 4.79 Å². The zero-order valence-electron chi connectivity index (χ0n) is 18.5. The van der Waals surface area contributed by atoms with Crippen LogP contribution in [-0.2, 0) is 0 Å². The van der Waals surface area contributed by atoms with Gasteiger partial charge in [-0.25, -0.2) is 9.97 Å². The Hall–Kier alpha value is -4.37. The lowest BCUT2D eigenvalue weighted by atomic mass is 10.0. The largest absolute Gasteiger partial charge is 0.414 e. The molecule has 1 amide bonds. The van der Waals surface area contributed by atoms with Crippen molar-refractivity contribution >= 4 is 23.1 Å². The number of aromatic nitrogens is 4. The van der Waals surface area contributed by atoms with Gasteiger partial charge >= 0.3 is 0 Å². The Morgan fingerprint density at radius 3 is 2.38 bits per heavy atom. The minimum absolute atomic E-state index is 0.0725. The van der Waals surface area contributed by atoms with Gasteiger partial charge in [-0.2, -0.15) is 11.3 Å². The van der Waals surface area contributed by atoms with Gasteiger partial charge in [0.25, 0.3) is 11.8 Å². The molecule has 3 aromatic heterocycles. The fourth-order valence-corrected chi connectivity index (χ4v) is 4.16. The molecule has 0 aliphatic rings. The zero-order chi connectivity index (χ0) is 23.7. The van der Waals surface area contributed by atoms with Gasteiger partial charge in [0, 0.05) is 30.8 Å². The molecule has 0 atom stereocenters. The minimum Gasteiger partial charge on any atom is -0.414 e. The summed E-state index contributed by atoms with van der Waals surface area (Å²) < 4.78 is 5.99. The number of thiophene rings is 1. The summed E-state index contributed by atoms with van der Waals surface area (Å²) in [5, 5.41) is 12.5. The smallest absolute Gasteiger partial charge is 0.270 e. The monoisotopic (exact) mass is 468 g/mol. The van der Waals surface area contributed by atoms with Gasteiger partial charge in [0.1, 0.15) is 0 Å². The Labute approximate surface area is 199 Å². The number of benzene rings is 2. The average molecular weight is 469 g/mol. The molecule has 0 saturated heterocycles. The molecule has 0 saturated carbocycles. The molecule has 0 bridgehead atoms. The molecule has 0 fully saturated rings. The molecule has 9 heteroatoms. The second-order valence-corrected chi connectivity index (χ2v) is 8.52. The van der Waals surface area contributed by atoms with Gasteiger partial charge in [0.05, 0.1) is 11.9 Å². The van der Waals surface area contributed by atoms with Gasteiger partial charge in [0.15, 0.2) is 11.5 Å². The fraction of sp³-hybridized carbons (Fsp3) is 0.0800. The highest BCUT2D eigenvalue weighted by Crippen LogP contribution is 2.34. The van der Waals surface area contributed by atoms with Crippen molar-refractivity contribution in [3.8, 4) is 45.4 Å². The zero-order valence-corrected chi connectivity index (χ0v) is 19.3. The van der Waals surface area contributed by atoms with E-state index in [0.717, 1.165) is 22.3 Å². The number of nitrogen functional groups attached to an aromatic ring is 1. The van der Waals surface area contributed by atoms with E-state index in [0.29, 0.717) is 22.8 Å².